The number of carbonyl (C=O) groups is 1. The molecule has 1 aromatic heterocycles. The number of anilines is 1. The highest BCUT2D eigenvalue weighted by Crippen LogP contribution is 2.28. The van der Waals surface area contributed by atoms with Crippen LogP contribution in [-0.4, -0.2) is 21.8 Å². The SMILES string of the molecule is Cn1cc(NC(=O)[C@H]2Cc3ccccc3O2)cn1. The fraction of sp³-hybridized carbons (Fsp3) is 0.231. The Hall–Kier alpha value is -2.30. The third kappa shape index (κ3) is 1.95. The molecule has 0 bridgehead atoms. The first-order valence-corrected chi connectivity index (χ1v) is 5.76. The first-order valence-electron chi connectivity index (χ1n) is 5.76. The number of amides is 1. The number of aromatic nitrogens is 2. The zero-order chi connectivity index (χ0) is 12.5. The summed E-state index contributed by atoms with van der Waals surface area (Å²) in [4.78, 5) is 12.0. The summed E-state index contributed by atoms with van der Waals surface area (Å²) < 4.78 is 7.25. The Bertz CT molecular complexity index is 566. The fourth-order valence-corrected chi connectivity index (χ4v) is 2.04. The van der Waals surface area contributed by atoms with Gasteiger partial charge in [0.25, 0.3) is 5.91 Å². The Morgan fingerprint density at radius 3 is 3.06 bits per heavy atom. The van der Waals surface area contributed by atoms with Gasteiger partial charge in [-0.15, -0.1) is 0 Å². The Labute approximate surface area is 104 Å². The van der Waals surface area contributed by atoms with Crippen molar-refractivity contribution in [1.29, 1.82) is 0 Å². The van der Waals surface area contributed by atoms with Crippen molar-refractivity contribution in [2.45, 2.75) is 12.5 Å². The molecule has 5 heteroatoms. The molecule has 1 amide bonds. The van der Waals surface area contributed by atoms with Gasteiger partial charge in [0, 0.05) is 19.7 Å². The second-order valence-electron chi connectivity index (χ2n) is 4.31. The monoisotopic (exact) mass is 243 g/mol. The number of nitrogens with one attached hydrogen (secondary N) is 1. The Morgan fingerprint density at radius 2 is 2.33 bits per heavy atom. The molecule has 92 valence electrons. The topological polar surface area (TPSA) is 56.2 Å². The predicted octanol–water partition coefficient (Wildman–Crippen LogP) is 1.36. The average molecular weight is 243 g/mol. The van der Waals surface area contributed by atoms with E-state index >= 15 is 0 Å². The van der Waals surface area contributed by atoms with Crippen LogP contribution in [0.25, 0.3) is 0 Å². The molecule has 0 unspecified atom stereocenters. The van der Waals surface area contributed by atoms with E-state index in [4.69, 9.17) is 4.74 Å². The summed E-state index contributed by atoms with van der Waals surface area (Å²) in [6.45, 7) is 0. The highest BCUT2D eigenvalue weighted by Gasteiger charge is 2.28. The normalized spacial score (nSPS) is 17.1. The number of nitrogens with zero attached hydrogens (tertiary/aromatic N) is 2. The number of carbonyl (C=O) groups excluding carboxylic acids is 1. The van der Waals surface area contributed by atoms with Crippen molar-refractivity contribution in [2.75, 3.05) is 5.32 Å². The number of hydrogen-bond acceptors (Lipinski definition) is 3. The molecule has 5 nitrogen and oxygen atoms in total. The van der Waals surface area contributed by atoms with Crippen LogP contribution in [0.4, 0.5) is 5.69 Å². The molecular weight excluding hydrogens is 230 g/mol. The maximum absolute atomic E-state index is 12.0. The van der Waals surface area contributed by atoms with Gasteiger partial charge in [-0.25, -0.2) is 0 Å². The number of hydrogen-bond donors (Lipinski definition) is 1. The van der Waals surface area contributed by atoms with Gasteiger partial charge in [0.1, 0.15) is 5.75 Å². The second-order valence-corrected chi connectivity index (χ2v) is 4.31. The first-order chi connectivity index (χ1) is 8.72. The Morgan fingerprint density at radius 1 is 1.50 bits per heavy atom. The van der Waals surface area contributed by atoms with Crippen molar-refractivity contribution in [1.82, 2.24) is 9.78 Å². The fourth-order valence-electron chi connectivity index (χ4n) is 2.04. The largest absolute Gasteiger partial charge is 0.480 e. The maximum atomic E-state index is 12.0. The maximum Gasteiger partial charge on any atom is 0.265 e. The molecule has 0 radical (unpaired) electrons. The summed E-state index contributed by atoms with van der Waals surface area (Å²) in [6, 6.07) is 7.71. The van der Waals surface area contributed by atoms with Crippen LogP contribution < -0.4 is 10.1 Å². The third-order valence-corrected chi connectivity index (χ3v) is 2.91. The minimum atomic E-state index is -0.456. The average Bonchev–Trinajstić information content (AvgIpc) is 2.95. The number of ether oxygens (including phenoxy) is 1. The number of rotatable bonds is 2. The summed E-state index contributed by atoms with van der Waals surface area (Å²) in [5.74, 6) is 0.656. The molecule has 0 fully saturated rings. The molecule has 0 saturated heterocycles. The van der Waals surface area contributed by atoms with E-state index in [1.165, 1.54) is 0 Å². The van der Waals surface area contributed by atoms with Crippen molar-refractivity contribution in [3.63, 3.8) is 0 Å². The van der Waals surface area contributed by atoms with Crippen LogP contribution in [0, 0.1) is 0 Å². The van der Waals surface area contributed by atoms with Crippen LogP contribution in [0.3, 0.4) is 0 Å². The molecule has 0 saturated carbocycles. The smallest absolute Gasteiger partial charge is 0.265 e. The quantitative estimate of drug-likeness (QED) is 0.866. The highest BCUT2D eigenvalue weighted by atomic mass is 16.5. The van der Waals surface area contributed by atoms with E-state index in [1.807, 2.05) is 24.3 Å². The van der Waals surface area contributed by atoms with Crippen LogP contribution in [0.15, 0.2) is 36.7 Å². The molecule has 0 aliphatic carbocycles. The van der Waals surface area contributed by atoms with Gasteiger partial charge in [-0.2, -0.15) is 5.10 Å². The van der Waals surface area contributed by atoms with Crippen LogP contribution >= 0.6 is 0 Å². The molecule has 1 aromatic carbocycles. The zero-order valence-corrected chi connectivity index (χ0v) is 9.96. The van der Waals surface area contributed by atoms with Crippen molar-refractivity contribution >= 4 is 11.6 Å². The standard InChI is InChI=1S/C13H13N3O2/c1-16-8-10(7-14-16)15-13(17)12-6-9-4-2-3-5-11(9)18-12/h2-5,7-8,12H,6H2,1H3,(H,15,17)/t12-/m1/s1. The van der Waals surface area contributed by atoms with Gasteiger partial charge in [0.2, 0.25) is 0 Å². The predicted molar refractivity (Wildman–Crippen MR) is 66.4 cm³/mol. The van der Waals surface area contributed by atoms with Crippen LogP contribution in [0.1, 0.15) is 5.56 Å². The molecule has 0 spiro atoms. The molecule has 1 N–H and O–H groups in total. The van der Waals surface area contributed by atoms with Crippen molar-refractivity contribution in [3.05, 3.63) is 42.2 Å². The molecule has 1 aliphatic heterocycles. The van der Waals surface area contributed by atoms with Gasteiger partial charge in [-0.3, -0.25) is 9.48 Å². The van der Waals surface area contributed by atoms with E-state index in [2.05, 4.69) is 10.4 Å². The molecule has 1 atom stereocenters. The van der Waals surface area contributed by atoms with E-state index < -0.39 is 6.10 Å². The molecule has 2 aromatic rings. The lowest BCUT2D eigenvalue weighted by Crippen LogP contribution is -2.31. The number of fused-ring (bicyclic) bond motifs is 1. The second kappa shape index (κ2) is 4.18. The van der Waals surface area contributed by atoms with E-state index in [9.17, 15) is 4.79 Å². The minimum absolute atomic E-state index is 0.140. The van der Waals surface area contributed by atoms with E-state index in [-0.39, 0.29) is 5.91 Å². The van der Waals surface area contributed by atoms with E-state index in [0.717, 1.165) is 11.3 Å². The summed E-state index contributed by atoms with van der Waals surface area (Å²) in [7, 11) is 1.80. The number of aryl methyl sites for hydroxylation is 1. The van der Waals surface area contributed by atoms with Gasteiger partial charge in [-0.05, 0) is 11.6 Å². The number of benzene rings is 1. The lowest BCUT2D eigenvalue weighted by atomic mass is 10.1. The summed E-state index contributed by atoms with van der Waals surface area (Å²) in [6.07, 6.45) is 3.52. The molecular formula is C13H13N3O2. The van der Waals surface area contributed by atoms with Gasteiger partial charge in [0.05, 0.1) is 11.9 Å². The Kier molecular flexibility index (Phi) is 2.51. The van der Waals surface area contributed by atoms with Gasteiger partial charge in [0.15, 0.2) is 6.10 Å². The lowest BCUT2D eigenvalue weighted by molar-refractivity contribution is -0.122. The van der Waals surface area contributed by atoms with Crippen molar-refractivity contribution in [3.8, 4) is 5.75 Å². The van der Waals surface area contributed by atoms with Crippen LogP contribution in [-0.2, 0) is 18.3 Å². The molecule has 2 heterocycles. The van der Waals surface area contributed by atoms with Gasteiger partial charge < -0.3 is 10.1 Å². The van der Waals surface area contributed by atoms with Crippen LogP contribution in [0.2, 0.25) is 0 Å². The molecule has 18 heavy (non-hydrogen) atoms. The molecule has 3 rings (SSSR count). The first kappa shape index (κ1) is 10.8. The third-order valence-electron chi connectivity index (χ3n) is 2.91. The Balaban J connectivity index is 1.69. The van der Waals surface area contributed by atoms with Crippen LogP contribution in [0.5, 0.6) is 5.75 Å². The highest BCUT2D eigenvalue weighted by molar-refractivity contribution is 5.94. The lowest BCUT2D eigenvalue weighted by Gasteiger charge is -2.09. The summed E-state index contributed by atoms with van der Waals surface area (Å²) in [5, 5.41) is 6.79. The van der Waals surface area contributed by atoms with Crippen molar-refractivity contribution in [2.24, 2.45) is 7.05 Å². The van der Waals surface area contributed by atoms with Gasteiger partial charge in [-0.1, -0.05) is 18.2 Å². The minimum Gasteiger partial charge on any atom is -0.480 e. The van der Waals surface area contributed by atoms with E-state index in [0.29, 0.717) is 12.1 Å². The molecule has 1 aliphatic rings. The number of para-hydroxylation sites is 1. The summed E-state index contributed by atoms with van der Waals surface area (Å²) >= 11 is 0. The van der Waals surface area contributed by atoms with E-state index in [1.54, 1.807) is 24.1 Å². The zero-order valence-electron chi connectivity index (χ0n) is 9.96. The van der Waals surface area contributed by atoms with Crippen molar-refractivity contribution < 1.29 is 9.53 Å². The van der Waals surface area contributed by atoms with Gasteiger partial charge >= 0.3 is 0 Å². The summed E-state index contributed by atoms with van der Waals surface area (Å²) in [5.41, 5.74) is 1.76.